The molecule has 132 valence electrons. The maximum absolute atomic E-state index is 12.4. The quantitative estimate of drug-likeness (QED) is 0.822. The lowest BCUT2D eigenvalue weighted by atomic mass is 10.0. The molecule has 1 aliphatic rings. The van der Waals surface area contributed by atoms with E-state index in [-0.39, 0.29) is 18.0 Å². The molecule has 0 spiro atoms. The Morgan fingerprint density at radius 1 is 1.33 bits per heavy atom. The molecule has 1 heterocycles. The fraction of sp³-hybridized carbons (Fsp3) is 0.556. The smallest absolute Gasteiger partial charge is 0.319 e. The van der Waals surface area contributed by atoms with E-state index >= 15 is 0 Å². The number of rotatable bonds is 6. The summed E-state index contributed by atoms with van der Waals surface area (Å²) in [6, 6.07) is 3.45. The van der Waals surface area contributed by atoms with Crippen LogP contribution in [0.3, 0.4) is 0 Å². The molecule has 1 unspecified atom stereocenters. The number of halogens is 1. The van der Waals surface area contributed by atoms with Crippen molar-refractivity contribution in [2.75, 3.05) is 18.4 Å². The van der Waals surface area contributed by atoms with Gasteiger partial charge in [-0.15, -0.1) is 0 Å². The van der Waals surface area contributed by atoms with Crippen molar-refractivity contribution in [1.82, 2.24) is 10.2 Å². The summed E-state index contributed by atoms with van der Waals surface area (Å²) in [6.45, 7) is 7.30. The van der Waals surface area contributed by atoms with E-state index in [9.17, 15) is 9.59 Å². The van der Waals surface area contributed by atoms with E-state index in [1.807, 2.05) is 32.9 Å². The Hall–Kier alpha value is -1.75. The lowest BCUT2D eigenvalue weighted by molar-refractivity contribution is -0.127. The lowest BCUT2D eigenvalue weighted by Gasteiger charge is -2.23. The molecule has 1 aromatic carbocycles. The highest BCUT2D eigenvalue weighted by molar-refractivity contribution is 6.31. The Labute approximate surface area is 148 Å². The fourth-order valence-corrected chi connectivity index (χ4v) is 3.40. The second kappa shape index (κ2) is 8.38. The number of amides is 3. The number of urea groups is 1. The van der Waals surface area contributed by atoms with Crippen LogP contribution >= 0.6 is 11.6 Å². The lowest BCUT2D eigenvalue weighted by Crippen LogP contribution is -2.44. The average Bonchev–Trinajstić information content (AvgIpc) is 2.92. The third kappa shape index (κ3) is 4.41. The monoisotopic (exact) mass is 351 g/mol. The van der Waals surface area contributed by atoms with Gasteiger partial charge in [0.15, 0.2) is 0 Å². The van der Waals surface area contributed by atoms with Crippen LogP contribution in [0.25, 0.3) is 0 Å². The predicted octanol–water partition coefficient (Wildman–Crippen LogP) is 3.60. The first-order chi connectivity index (χ1) is 11.5. The molecular formula is C18H26ClN3O2. The van der Waals surface area contributed by atoms with E-state index in [0.717, 1.165) is 42.6 Å². The third-order valence-electron chi connectivity index (χ3n) is 4.36. The molecule has 1 saturated heterocycles. The number of hydrogen-bond acceptors (Lipinski definition) is 2. The van der Waals surface area contributed by atoms with Gasteiger partial charge in [-0.1, -0.05) is 31.5 Å². The van der Waals surface area contributed by atoms with Crippen LogP contribution in [-0.2, 0) is 17.6 Å². The van der Waals surface area contributed by atoms with Crippen molar-refractivity contribution < 1.29 is 9.59 Å². The first-order valence-corrected chi connectivity index (χ1v) is 8.99. The van der Waals surface area contributed by atoms with Gasteiger partial charge in [-0.3, -0.25) is 4.79 Å². The number of carbonyl (C=O) groups excluding carboxylic acids is 2. The topological polar surface area (TPSA) is 61.4 Å². The summed E-state index contributed by atoms with van der Waals surface area (Å²) in [5.74, 6) is 0.167. The molecule has 1 aliphatic heterocycles. The van der Waals surface area contributed by atoms with Crippen LogP contribution in [0.5, 0.6) is 0 Å². The largest absolute Gasteiger partial charge is 0.341 e. The van der Waals surface area contributed by atoms with Gasteiger partial charge >= 0.3 is 6.03 Å². The maximum atomic E-state index is 12.4. The Morgan fingerprint density at radius 3 is 2.67 bits per heavy atom. The van der Waals surface area contributed by atoms with Crippen molar-refractivity contribution in [3.8, 4) is 0 Å². The van der Waals surface area contributed by atoms with E-state index in [4.69, 9.17) is 11.6 Å². The van der Waals surface area contributed by atoms with Gasteiger partial charge in [0.05, 0.1) is 5.69 Å². The molecule has 2 N–H and O–H groups in total. The van der Waals surface area contributed by atoms with Gasteiger partial charge in [0.1, 0.15) is 0 Å². The Kier molecular flexibility index (Phi) is 6.49. The number of anilines is 1. The van der Waals surface area contributed by atoms with Crippen molar-refractivity contribution in [2.24, 2.45) is 0 Å². The van der Waals surface area contributed by atoms with Crippen LogP contribution in [0.1, 0.15) is 44.7 Å². The third-order valence-corrected chi connectivity index (χ3v) is 4.71. The Bertz CT molecular complexity index is 619. The van der Waals surface area contributed by atoms with E-state index in [1.165, 1.54) is 0 Å². The minimum absolute atomic E-state index is 0.110. The summed E-state index contributed by atoms with van der Waals surface area (Å²) in [5, 5.41) is 6.53. The van der Waals surface area contributed by atoms with Gasteiger partial charge in [-0.05, 0) is 43.4 Å². The van der Waals surface area contributed by atoms with E-state index in [0.29, 0.717) is 18.0 Å². The highest BCUT2D eigenvalue weighted by Crippen LogP contribution is 2.29. The minimum Gasteiger partial charge on any atom is -0.341 e. The zero-order valence-electron chi connectivity index (χ0n) is 14.6. The molecule has 1 atom stereocenters. The number of aryl methyl sites for hydroxylation is 1. The summed E-state index contributed by atoms with van der Waals surface area (Å²) in [6.07, 6.45) is 3.08. The Balaban J connectivity index is 2.01. The molecule has 2 rings (SSSR count). The van der Waals surface area contributed by atoms with Gasteiger partial charge in [0.25, 0.3) is 0 Å². The highest BCUT2D eigenvalue weighted by atomic mass is 35.5. The van der Waals surface area contributed by atoms with E-state index < -0.39 is 0 Å². The van der Waals surface area contributed by atoms with Gasteiger partial charge in [-0.25, -0.2) is 4.79 Å². The SMILES string of the molecule is CCc1ccc(Cl)c(CC)c1NC(=O)NC(C)CN1CCCC1=O. The number of nitrogens with zero attached hydrogens (tertiary/aromatic N) is 1. The average molecular weight is 352 g/mol. The second-order valence-corrected chi connectivity index (χ2v) is 6.62. The standard InChI is InChI=1S/C18H26ClN3O2/c1-4-13-8-9-15(19)14(5-2)17(13)21-18(24)20-12(3)11-22-10-6-7-16(22)23/h8-9,12H,4-7,10-11H2,1-3H3,(H2,20,21,24). The van der Waals surface area contributed by atoms with Crippen LogP contribution in [-0.4, -0.2) is 36.0 Å². The molecule has 6 heteroatoms. The van der Waals surface area contributed by atoms with Gasteiger partial charge in [-0.2, -0.15) is 0 Å². The number of hydrogen-bond donors (Lipinski definition) is 2. The summed E-state index contributed by atoms with van der Waals surface area (Å²) in [4.78, 5) is 25.8. The summed E-state index contributed by atoms with van der Waals surface area (Å²) < 4.78 is 0. The molecule has 0 radical (unpaired) electrons. The molecule has 5 nitrogen and oxygen atoms in total. The van der Waals surface area contributed by atoms with E-state index in [2.05, 4.69) is 10.6 Å². The summed E-state index contributed by atoms with van der Waals surface area (Å²) in [7, 11) is 0. The molecule has 3 amide bonds. The number of benzene rings is 1. The number of likely N-dealkylation sites (tertiary alicyclic amines) is 1. The zero-order chi connectivity index (χ0) is 17.7. The van der Waals surface area contributed by atoms with Gasteiger partial charge < -0.3 is 15.5 Å². The fourth-order valence-electron chi connectivity index (χ4n) is 3.11. The van der Waals surface area contributed by atoms with Crippen molar-refractivity contribution in [1.29, 1.82) is 0 Å². The van der Waals surface area contributed by atoms with Crippen LogP contribution in [0.2, 0.25) is 5.02 Å². The number of nitrogens with one attached hydrogen (secondary N) is 2. The highest BCUT2D eigenvalue weighted by Gasteiger charge is 2.22. The molecule has 0 saturated carbocycles. The molecule has 0 aromatic heterocycles. The van der Waals surface area contributed by atoms with Gasteiger partial charge in [0.2, 0.25) is 5.91 Å². The maximum Gasteiger partial charge on any atom is 0.319 e. The van der Waals surface area contributed by atoms with Crippen LogP contribution < -0.4 is 10.6 Å². The molecule has 0 aliphatic carbocycles. The first-order valence-electron chi connectivity index (χ1n) is 8.61. The number of carbonyl (C=O) groups is 2. The zero-order valence-corrected chi connectivity index (χ0v) is 15.4. The first kappa shape index (κ1) is 18.6. The predicted molar refractivity (Wildman–Crippen MR) is 97.6 cm³/mol. The Morgan fingerprint density at radius 2 is 2.08 bits per heavy atom. The van der Waals surface area contributed by atoms with Gasteiger partial charge in [0, 0.05) is 30.6 Å². The van der Waals surface area contributed by atoms with Crippen molar-refractivity contribution in [2.45, 2.75) is 52.5 Å². The summed E-state index contributed by atoms with van der Waals surface area (Å²) in [5.41, 5.74) is 2.82. The van der Waals surface area contributed by atoms with Crippen LogP contribution in [0, 0.1) is 0 Å². The van der Waals surface area contributed by atoms with Crippen molar-refractivity contribution >= 4 is 29.2 Å². The minimum atomic E-state index is -0.263. The molecule has 1 fully saturated rings. The normalized spacial score (nSPS) is 15.5. The second-order valence-electron chi connectivity index (χ2n) is 6.21. The molecule has 1 aromatic rings. The van der Waals surface area contributed by atoms with Crippen molar-refractivity contribution in [3.63, 3.8) is 0 Å². The molecule has 0 bridgehead atoms. The molecular weight excluding hydrogens is 326 g/mol. The van der Waals surface area contributed by atoms with E-state index in [1.54, 1.807) is 4.90 Å². The van der Waals surface area contributed by atoms with Crippen molar-refractivity contribution in [3.05, 3.63) is 28.3 Å². The molecule has 24 heavy (non-hydrogen) atoms. The van der Waals surface area contributed by atoms with Crippen LogP contribution in [0.15, 0.2) is 12.1 Å². The summed E-state index contributed by atoms with van der Waals surface area (Å²) >= 11 is 6.26. The van der Waals surface area contributed by atoms with Crippen LogP contribution in [0.4, 0.5) is 10.5 Å².